The van der Waals surface area contributed by atoms with Crippen LogP contribution in [0.15, 0.2) is 0 Å². The van der Waals surface area contributed by atoms with Gasteiger partial charge in [0.05, 0.1) is 19.1 Å². The molecule has 16 heavy (non-hydrogen) atoms. The van der Waals surface area contributed by atoms with Gasteiger partial charge in [0.2, 0.25) is 5.91 Å². The van der Waals surface area contributed by atoms with Gasteiger partial charge in [0.1, 0.15) is 0 Å². The van der Waals surface area contributed by atoms with Crippen molar-refractivity contribution in [2.24, 2.45) is 0 Å². The molecule has 5 nitrogen and oxygen atoms in total. The Balaban J connectivity index is 2.60. The first kappa shape index (κ1) is 13.0. The SMILES string of the molecule is COC(=O)CCN1CCN(C)C(=O)C1(C)C. The summed E-state index contributed by atoms with van der Waals surface area (Å²) in [7, 11) is 3.18. The van der Waals surface area contributed by atoms with E-state index in [1.165, 1.54) is 7.11 Å². The number of nitrogens with zero attached hydrogens (tertiary/aromatic N) is 2. The first-order valence-electron chi connectivity index (χ1n) is 5.47. The fraction of sp³-hybridized carbons (Fsp3) is 0.818. The molecule has 0 bridgehead atoms. The van der Waals surface area contributed by atoms with Gasteiger partial charge >= 0.3 is 5.97 Å². The molecule has 1 aliphatic heterocycles. The summed E-state index contributed by atoms with van der Waals surface area (Å²) >= 11 is 0. The molecule has 1 fully saturated rings. The number of amides is 1. The minimum atomic E-state index is -0.527. The summed E-state index contributed by atoms with van der Waals surface area (Å²) in [6.45, 7) is 5.86. The van der Waals surface area contributed by atoms with E-state index >= 15 is 0 Å². The quantitative estimate of drug-likeness (QED) is 0.643. The summed E-state index contributed by atoms with van der Waals surface area (Å²) in [5, 5.41) is 0. The molecule has 0 radical (unpaired) electrons. The number of hydrogen-bond donors (Lipinski definition) is 0. The van der Waals surface area contributed by atoms with Crippen molar-refractivity contribution >= 4 is 11.9 Å². The van der Waals surface area contributed by atoms with Crippen LogP contribution in [0.4, 0.5) is 0 Å². The summed E-state index contributed by atoms with van der Waals surface area (Å²) in [6.07, 6.45) is 0.330. The van der Waals surface area contributed by atoms with E-state index in [1.54, 1.807) is 4.90 Å². The number of likely N-dealkylation sites (N-methyl/N-ethyl adjacent to an activating group) is 1. The van der Waals surface area contributed by atoms with Gasteiger partial charge in [-0.2, -0.15) is 0 Å². The molecule has 0 spiro atoms. The Morgan fingerprint density at radius 2 is 2.06 bits per heavy atom. The third-order valence-corrected chi connectivity index (χ3v) is 3.18. The van der Waals surface area contributed by atoms with Crippen LogP contribution in [0, 0.1) is 0 Å². The number of methoxy groups -OCH3 is 1. The average molecular weight is 228 g/mol. The van der Waals surface area contributed by atoms with Crippen LogP contribution in [0.5, 0.6) is 0 Å². The van der Waals surface area contributed by atoms with Crippen molar-refractivity contribution in [3.05, 3.63) is 0 Å². The lowest BCUT2D eigenvalue weighted by Gasteiger charge is -2.44. The van der Waals surface area contributed by atoms with Gasteiger partial charge in [0, 0.05) is 26.7 Å². The first-order chi connectivity index (χ1) is 7.39. The lowest BCUT2D eigenvalue weighted by molar-refractivity contribution is -0.149. The zero-order valence-corrected chi connectivity index (χ0v) is 10.4. The fourth-order valence-electron chi connectivity index (χ4n) is 1.97. The lowest BCUT2D eigenvalue weighted by atomic mass is 9.97. The van der Waals surface area contributed by atoms with E-state index in [0.717, 1.165) is 6.54 Å². The van der Waals surface area contributed by atoms with E-state index in [0.29, 0.717) is 19.5 Å². The number of ether oxygens (including phenoxy) is 1. The van der Waals surface area contributed by atoms with Crippen molar-refractivity contribution in [1.29, 1.82) is 0 Å². The smallest absolute Gasteiger partial charge is 0.306 e. The van der Waals surface area contributed by atoms with E-state index < -0.39 is 5.54 Å². The van der Waals surface area contributed by atoms with Crippen LogP contribution in [0.25, 0.3) is 0 Å². The van der Waals surface area contributed by atoms with E-state index in [1.807, 2.05) is 25.8 Å². The summed E-state index contributed by atoms with van der Waals surface area (Å²) < 4.78 is 4.60. The van der Waals surface area contributed by atoms with E-state index in [9.17, 15) is 9.59 Å². The van der Waals surface area contributed by atoms with Crippen molar-refractivity contribution in [2.75, 3.05) is 33.8 Å². The number of esters is 1. The lowest BCUT2D eigenvalue weighted by Crippen LogP contribution is -2.62. The monoisotopic (exact) mass is 228 g/mol. The Labute approximate surface area is 96.3 Å². The van der Waals surface area contributed by atoms with Gasteiger partial charge in [-0.05, 0) is 13.8 Å². The van der Waals surface area contributed by atoms with Crippen LogP contribution in [0.2, 0.25) is 0 Å². The molecule has 1 rings (SSSR count). The molecule has 0 aromatic carbocycles. The van der Waals surface area contributed by atoms with E-state index in [4.69, 9.17) is 0 Å². The van der Waals surface area contributed by atoms with Gasteiger partial charge in [0.15, 0.2) is 0 Å². The summed E-state index contributed by atoms with van der Waals surface area (Å²) in [5.74, 6) is -0.134. The molecule has 0 unspecified atom stereocenters. The Hall–Kier alpha value is -1.10. The largest absolute Gasteiger partial charge is 0.469 e. The number of hydrogen-bond acceptors (Lipinski definition) is 4. The second-order valence-electron chi connectivity index (χ2n) is 4.60. The normalized spacial score (nSPS) is 21.0. The van der Waals surface area contributed by atoms with Crippen molar-refractivity contribution in [1.82, 2.24) is 9.80 Å². The average Bonchev–Trinajstić information content (AvgIpc) is 2.24. The zero-order valence-electron chi connectivity index (χ0n) is 10.4. The molecule has 0 aliphatic carbocycles. The molecule has 1 saturated heterocycles. The fourth-order valence-corrected chi connectivity index (χ4v) is 1.97. The van der Waals surface area contributed by atoms with Gasteiger partial charge in [-0.15, -0.1) is 0 Å². The highest BCUT2D eigenvalue weighted by Crippen LogP contribution is 2.21. The molecule has 1 aliphatic rings. The summed E-state index contributed by atoms with van der Waals surface area (Å²) in [4.78, 5) is 26.8. The second kappa shape index (κ2) is 4.82. The predicted octanol–water partition coefficient (Wildman–Crippen LogP) is 0.102. The molecule has 0 N–H and O–H groups in total. The van der Waals surface area contributed by atoms with Gasteiger partial charge in [-0.25, -0.2) is 0 Å². The van der Waals surface area contributed by atoms with Crippen LogP contribution in [-0.2, 0) is 14.3 Å². The summed E-state index contributed by atoms with van der Waals surface area (Å²) in [6, 6.07) is 0. The van der Waals surface area contributed by atoms with E-state index in [2.05, 4.69) is 4.74 Å². The van der Waals surface area contributed by atoms with Gasteiger partial charge in [-0.3, -0.25) is 14.5 Å². The number of carbonyl (C=O) groups excluding carboxylic acids is 2. The Bertz CT molecular complexity index is 289. The first-order valence-corrected chi connectivity index (χ1v) is 5.47. The third kappa shape index (κ3) is 2.52. The molecule has 5 heteroatoms. The molecule has 1 heterocycles. The van der Waals surface area contributed by atoms with Crippen LogP contribution in [0.1, 0.15) is 20.3 Å². The highest BCUT2D eigenvalue weighted by atomic mass is 16.5. The van der Waals surface area contributed by atoms with Crippen LogP contribution in [0.3, 0.4) is 0 Å². The molecule has 0 aromatic rings. The standard InChI is InChI=1S/C11H20N2O3/c1-11(2)10(15)12(3)7-8-13(11)6-5-9(14)16-4/h5-8H2,1-4H3. The molecular formula is C11H20N2O3. The summed E-state index contributed by atoms with van der Waals surface area (Å²) in [5.41, 5.74) is -0.527. The zero-order chi connectivity index (χ0) is 12.3. The van der Waals surface area contributed by atoms with Crippen molar-refractivity contribution in [3.63, 3.8) is 0 Å². The van der Waals surface area contributed by atoms with Gasteiger partial charge in [-0.1, -0.05) is 0 Å². The van der Waals surface area contributed by atoms with Crippen molar-refractivity contribution < 1.29 is 14.3 Å². The number of carbonyl (C=O) groups is 2. The van der Waals surface area contributed by atoms with Crippen LogP contribution in [-0.4, -0.2) is 61.0 Å². The Kier molecular flexibility index (Phi) is 3.91. The van der Waals surface area contributed by atoms with Crippen molar-refractivity contribution in [2.45, 2.75) is 25.8 Å². The second-order valence-corrected chi connectivity index (χ2v) is 4.60. The van der Waals surface area contributed by atoms with Crippen LogP contribution >= 0.6 is 0 Å². The number of piperazine rings is 1. The Morgan fingerprint density at radius 1 is 1.44 bits per heavy atom. The maximum atomic E-state index is 11.9. The minimum absolute atomic E-state index is 0.101. The minimum Gasteiger partial charge on any atom is -0.469 e. The molecule has 1 amide bonds. The highest BCUT2D eigenvalue weighted by Gasteiger charge is 2.40. The van der Waals surface area contributed by atoms with Gasteiger partial charge in [0.25, 0.3) is 0 Å². The molecule has 0 atom stereocenters. The van der Waals surface area contributed by atoms with E-state index in [-0.39, 0.29) is 11.9 Å². The van der Waals surface area contributed by atoms with Crippen LogP contribution < -0.4 is 0 Å². The maximum Gasteiger partial charge on any atom is 0.306 e. The molecule has 92 valence electrons. The Morgan fingerprint density at radius 3 is 2.62 bits per heavy atom. The number of rotatable bonds is 3. The third-order valence-electron chi connectivity index (χ3n) is 3.18. The highest BCUT2D eigenvalue weighted by molar-refractivity contribution is 5.86. The van der Waals surface area contributed by atoms with Gasteiger partial charge < -0.3 is 9.64 Å². The van der Waals surface area contributed by atoms with Crippen molar-refractivity contribution in [3.8, 4) is 0 Å². The predicted molar refractivity (Wildman–Crippen MR) is 59.9 cm³/mol. The molecular weight excluding hydrogens is 208 g/mol. The molecule has 0 saturated carbocycles. The maximum absolute atomic E-state index is 11.9. The molecule has 0 aromatic heterocycles. The topological polar surface area (TPSA) is 49.9 Å².